The van der Waals surface area contributed by atoms with Crippen LogP contribution in [0.5, 0.6) is 5.75 Å². The molecule has 2 aromatic carbocycles. The zero-order chi connectivity index (χ0) is 17.8. The van der Waals surface area contributed by atoms with Crippen LogP contribution in [0.2, 0.25) is 0 Å². The fraction of sp³-hybridized carbons (Fsp3) is 0.125. The van der Waals surface area contributed by atoms with Gasteiger partial charge in [-0.1, -0.05) is 0 Å². The van der Waals surface area contributed by atoms with Gasteiger partial charge >= 0.3 is 154 Å². The minimum absolute atomic E-state index is 0.220. The van der Waals surface area contributed by atoms with Gasteiger partial charge in [0.25, 0.3) is 0 Å². The topological polar surface area (TPSA) is 105 Å². The molecule has 0 saturated carbocycles. The Bertz CT molecular complexity index is 899. The average Bonchev–Trinajstić information content (AvgIpc) is 3.05. The van der Waals surface area contributed by atoms with Crippen LogP contribution in [0.3, 0.4) is 0 Å². The van der Waals surface area contributed by atoms with Crippen molar-refractivity contribution < 1.29 is 45.5 Å². The van der Waals surface area contributed by atoms with Gasteiger partial charge in [0.1, 0.15) is 0 Å². The average molecular weight is 453 g/mol. The fourth-order valence-electron chi connectivity index (χ4n) is 2.23. The summed E-state index contributed by atoms with van der Waals surface area (Å²) in [5, 5.41) is 25.8. The number of fused-ring (bicyclic) bond motifs is 1. The summed E-state index contributed by atoms with van der Waals surface area (Å²) < 4.78 is 11.7. The Balaban J connectivity index is 1.66. The van der Waals surface area contributed by atoms with E-state index in [1.54, 1.807) is 43.5 Å². The molecule has 0 amide bonds. The Morgan fingerprint density at radius 3 is 2.88 bits per heavy atom. The van der Waals surface area contributed by atoms with Gasteiger partial charge < -0.3 is 0 Å². The molecule has 3 N–H and O–H groups in total. The third kappa shape index (κ3) is 4.11. The van der Waals surface area contributed by atoms with Gasteiger partial charge in [0.05, 0.1) is 0 Å². The van der Waals surface area contributed by atoms with Crippen LogP contribution in [0, 0.1) is 3.57 Å². The number of esters is 1. The number of benzene rings is 2. The van der Waals surface area contributed by atoms with Crippen molar-refractivity contribution in [3.05, 3.63) is 51.7 Å². The molecule has 0 spiro atoms. The number of aromatic amines is 1. The van der Waals surface area contributed by atoms with Gasteiger partial charge in [-0.15, -0.1) is 0 Å². The van der Waals surface area contributed by atoms with Crippen molar-refractivity contribution in [3.8, 4) is 5.75 Å². The zero-order valence-corrected chi connectivity index (χ0v) is 15.4. The number of hydrogen-bond acceptors (Lipinski definition) is 6. The van der Waals surface area contributed by atoms with Crippen molar-refractivity contribution in [3.63, 3.8) is 0 Å². The molecule has 0 bridgehead atoms. The number of nitrogens with zero attached hydrogens (tertiary/aromatic N) is 1. The van der Waals surface area contributed by atoms with Gasteiger partial charge in [-0.05, 0) is 0 Å². The van der Waals surface area contributed by atoms with E-state index in [2.05, 4.69) is 10.2 Å². The van der Waals surface area contributed by atoms with E-state index in [1.165, 1.54) is 0 Å². The Morgan fingerprint density at radius 1 is 1.28 bits per heavy atom. The molecular weight excluding hydrogens is 438 g/mol. The first-order valence-electron chi connectivity index (χ1n) is 7.33. The molecule has 3 rings (SSSR count). The second kappa shape index (κ2) is 7.85. The number of rotatable bonds is 6. The minimum atomic E-state index is -1.50. The number of halogens is 1. The summed E-state index contributed by atoms with van der Waals surface area (Å²) in [4.78, 5) is 12.3. The molecular formula is C16H15BIN2O5-. The number of hydrogen-bond donors (Lipinski definition) is 3. The molecule has 7 nitrogen and oxygen atoms in total. The predicted octanol–water partition coefficient (Wildman–Crippen LogP) is -2.68. The molecule has 1 heterocycles. The van der Waals surface area contributed by atoms with Crippen LogP contribution < -0.4 is 31.4 Å². The van der Waals surface area contributed by atoms with E-state index in [-0.39, 0.29) is 10.3 Å². The number of carbonyl (C=O) groups is 1. The summed E-state index contributed by atoms with van der Waals surface area (Å²) in [7, 11) is 0.0538. The molecule has 25 heavy (non-hydrogen) atoms. The molecule has 130 valence electrons. The van der Waals surface area contributed by atoms with Crippen molar-refractivity contribution >= 4 is 29.5 Å². The molecule has 3 aromatic rings. The predicted molar refractivity (Wildman–Crippen MR) is 87.9 cm³/mol. The quantitative estimate of drug-likeness (QED) is 0.163. The van der Waals surface area contributed by atoms with Gasteiger partial charge in [0.15, 0.2) is 0 Å². The third-order valence-electron chi connectivity index (χ3n) is 3.50. The third-order valence-corrected chi connectivity index (χ3v) is 5.68. The normalized spacial score (nSPS) is 10.8. The molecule has 0 aliphatic heterocycles. The van der Waals surface area contributed by atoms with Gasteiger partial charge in [0, 0.05) is 0 Å². The number of ether oxygens (including phenoxy) is 2. The summed E-state index contributed by atoms with van der Waals surface area (Å²) in [6.45, 7) is 0. The first-order valence-corrected chi connectivity index (χ1v) is 9.93. The van der Waals surface area contributed by atoms with E-state index in [0.29, 0.717) is 16.6 Å². The number of H-pyrrole nitrogens is 1. The van der Waals surface area contributed by atoms with Crippen LogP contribution in [0.4, 0.5) is 0 Å². The van der Waals surface area contributed by atoms with Gasteiger partial charge in [-0.2, -0.15) is 0 Å². The number of methoxy groups -OCH3 is 1. The molecule has 0 saturated heterocycles. The van der Waals surface area contributed by atoms with E-state index < -0.39 is 34.3 Å². The number of aromatic nitrogens is 2. The summed E-state index contributed by atoms with van der Waals surface area (Å²) in [5.41, 5.74) is 1.37. The maximum absolute atomic E-state index is 12.3. The van der Waals surface area contributed by atoms with E-state index in [9.17, 15) is 14.8 Å². The second-order valence-corrected chi connectivity index (χ2v) is 7.72. The Morgan fingerprint density at radius 2 is 2.12 bits per heavy atom. The van der Waals surface area contributed by atoms with Gasteiger partial charge in [-0.25, -0.2) is 0 Å². The van der Waals surface area contributed by atoms with Crippen molar-refractivity contribution in [2.24, 2.45) is 0 Å². The van der Waals surface area contributed by atoms with Crippen LogP contribution in [-0.2, 0) is 4.74 Å². The SMILES string of the molecule is COc1ccc2[nH]nc(C(=O)OC[I-]c3cccc(B(O)O)c3)c2c1. The van der Waals surface area contributed by atoms with Gasteiger partial charge in [-0.3, -0.25) is 0 Å². The summed E-state index contributed by atoms with van der Waals surface area (Å²) in [6.07, 6.45) is 0. The van der Waals surface area contributed by atoms with Crippen molar-refractivity contribution in [1.29, 1.82) is 0 Å². The summed E-state index contributed by atoms with van der Waals surface area (Å²) >= 11 is -0.608. The van der Waals surface area contributed by atoms with Crippen LogP contribution in [0.25, 0.3) is 10.9 Å². The second-order valence-electron chi connectivity index (χ2n) is 5.09. The van der Waals surface area contributed by atoms with Crippen molar-refractivity contribution in [1.82, 2.24) is 10.2 Å². The van der Waals surface area contributed by atoms with Crippen LogP contribution >= 0.6 is 0 Å². The molecule has 0 fully saturated rings. The molecule has 1 aromatic heterocycles. The molecule has 0 unspecified atom stereocenters. The first-order chi connectivity index (χ1) is 12.1. The van der Waals surface area contributed by atoms with Crippen LogP contribution in [0.1, 0.15) is 10.5 Å². The van der Waals surface area contributed by atoms with Crippen LogP contribution in [0.15, 0.2) is 42.5 Å². The van der Waals surface area contributed by atoms with E-state index in [4.69, 9.17) is 9.47 Å². The fourth-order valence-corrected chi connectivity index (χ4v) is 4.07. The maximum atomic E-state index is 12.3. The molecule has 0 atom stereocenters. The van der Waals surface area contributed by atoms with Crippen molar-refractivity contribution in [2.75, 3.05) is 11.7 Å². The molecule has 9 heteroatoms. The first kappa shape index (κ1) is 17.7. The number of carbonyl (C=O) groups excluding carboxylic acids is 1. The number of alkyl halides is 1. The number of nitrogens with one attached hydrogen (secondary N) is 1. The molecule has 0 aliphatic carbocycles. The zero-order valence-electron chi connectivity index (χ0n) is 13.3. The Hall–Kier alpha value is -2.11. The van der Waals surface area contributed by atoms with Gasteiger partial charge in [0.2, 0.25) is 0 Å². The Kier molecular flexibility index (Phi) is 5.56. The van der Waals surface area contributed by atoms with E-state index in [0.717, 1.165) is 9.09 Å². The standard InChI is InChI=1S/C16H15BIN2O5/c1-24-12-5-6-14-13(8-12)15(20-19-14)16(21)25-9-18-11-4-2-3-10(7-11)17(22)23/h2-8,22-23H,9H2,1H3,(H,19,20)/q-1. The molecule has 0 radical (unpaired) electrons. The summed E-state index contributed by atoms with van der Waals surface area (Å²) in [5.74, 6) is 0.132. The monoisotopic (exact) mass is 453 g/mol. The van der Waals surface area contributed by atoms with E-state index >= 15 is 0 Å². The molecule has 0 aliphatic rings. The van der Waals surface area contributed by atoms with Crippen LogP contribution in [-0.4, -0.2) is 45.1 Å². The van der Waals surface area contributed by atoms with Crippen molar-refractivity contribution in [2.45, 2.75) is 0 Å². The van der Waals surface area contributed by atoms with E-state index in [1.807, 2.05) is 6.07 Å². The summed E-state index contributed by atoms with van der Waals surface area (Å²) in [6, 6.07) is 12.3. The Labute approximate surface area is 154 Å².